The van der Waals surface area contributed by atoms with Crippen molar-refractivity contribution in [2.75, 3.05) is 37.3 Å². The zero-order valence-corrected chi connectivity index (χ0v) is 22.1. The van der Waals surface area contributed by atoms with Crippen LogP contribution in [0.5, 0.6) is 0 Å². The van der Waals surface area contributed by atoms with Gasteiger partial charge in [0.25, 0.3) is 11.8 Å². The van der Waals surface area contributed by atoms with Crippen LogP contribution in [0.15, 0.2) is 60.8 Å². The van der Waals surface area contributed by atoms with Gasteiger partial charge in [-0.25, -0.2) is 4.98 Å². The number of rotatable bonds is 10. The second kappa shape index (κ2) is 12.6. The molecule has 198 valence electrons. The topological polar surface area (TPSA) is 115 Å². The summed E-state index contributed by atoms with van der Waals surface area (Å²) in [6, 6.07) is 14.8. The molecule has 1 atom stereocenters. The maximum Gasteiger partial charge on any atom is 0.256 e. The molecule has 3 amide bonds. The number of halogens is 1. The largest absolute Gasteiger partial charge is 0.323 e. The summed E-state index contributed by atoms with van der Waals surface area (Å²) < 4.78 is 0. The Morgan fingerprint density at radius 3 is 2.55 bits per heavy atom. The Balaban J connectivity index is 1.52. The number of hydrogen-bond acceptors (Lipinski definition) is 6. The standard InChI is InChI=1S/C28H31ClN6O3/c1-18-3-10-25(32-16-18)34-26(36)20-6-4-19(5-7-20)17-35-24(11-12-31-14-13-30-2)27(37)33-23-15-21(29)8-9-22(23)28(35)38/h3-10,15-16,24,30-31H,11-14,17H2,1-2H3,(H,33,37)(H,32,34,36)/t24-/m1/s1. The molecule has 1 aliphatic heterocycles. The molecule has 1 aromatic heterocycles. The molecule has 2 heterocycles. The number of aryl methyl sites for hydroxylation is 1. The number of hydrogen-bond donors (Lipinski definition) is 4. The van der Waals surface area contributed by atoms with E-state index in [1.165, 1.54) is 0 Å². The highest BCUT2D eigenvalue weighted by atomic mass is 35.5. The maximum atomic E-state index is 13.6. The van der Waals surface area contributed by atoms with E-state index in [9.17, 15) is 14.4 Å². The highest BCUT2D eigenvalue weighted by Gasteiger charge is 2.35. The van der Waals surface area contributed by atoms with Gasteiger partial charge in [0.05, 0.1) is 11.3 Å². The molecule has 4 rings (SSSR count). The molecule has 0 unspecified atom stereocenters. The third-order valence-electron chi connectivity index (χ3n) is 6.28. The van der Waals surface area contributed by atoms with Crippen molar-refractivity contribution in [1.82, 2.24) is 20.5 Å². The molecule has 0 fully saturated rings. The van der Waals surface area contributed by atoms with Gasteiger partial charge in [0, 0.05) is 36.4 Å². The first-order valence-corrected chi connectivity index (χ1v) is 12.8. The highest BCUT2D eigenvalue weighted by molar-refractivity contribution is 6.31. The molecule has 38 heavy (non-hydrogen) atoms. The number of carbonyl (C=O) groups is 3. The predicted molar refractivity (Wildman–Crippen MR) is 149 cm³/mol. The Hall–Kier alpha value is -3.79. The molecule has 0 saturated carbocycles. The summed E-state index contributed by atoms with van der Waals surface area (Å²) in [5, 5.41) is 12.5. The Kier molecular flexibility index (Phi) is 9.06. The molecule has 0 spiro atoms. The molecule has 2 aromatic carbocycles. The van der Waals surface area contributed by atoms with E-state index in [2.05, 4.69) is 26.3 Å². The van der Waals surface area contributed by atoms with Gasteiger partial charge < -0.3 is 26.2 Å². The molecule has 0 saturated heterocycles. The fourth-order valence-electron chi connectivity index (χ4n) is 4.19. The lowest BCUT2D eigenvalue weighted by atomic mass is 10.1. The minimum Gasteiger partial charge on any atom is -0.323 e. The summed E-state index contributed by atoms with van der Waals surface area (Å²) in [6.07, 6.45) is 2.12. The van der Waals surface area contributed by atoms with Gasteiger partial charge in [0.1, 0.15) is 11.9 Å². The van der Waals surface area contributed by atoms with E-state index in [0.29, 0.717) is 40.6 Å². The number of pyridine rings is 1. The molecular weight excluding hydrogens is 504 g/mol. The van der Waals surface area contributed by atoms with E-state index in [1.54, 1.807) is 59.6 Å². The molecule has 4 N–H and O–H groups in total. The molecule has 10 heteroatoms. The summed E-state index contributed by atoms with van der Waals surface area (Å²) >= 11 is 6.13. The SMILES string of the molecule is CNCCNCC[C@@H]1C(=O)Nc2cc(Cl)ccc2C(=O)N1Cc1ccc(C(=O)Nc2ccc(C)cn2)cc1. The van der Waals surface area contributed by atoms with Gasteiger partial charge in [-0.3, -0.25) is 14.4 Å². The Morgan fingerprint density at radius 2 is 1.84 bits per heavy atom. The molecule has 0 bridgehead atoms. The number of anilines is 2. The van der Waals surface area contributed by atoms with Crippen molar-refractivity contribution in [3.63, 3.8) is 0 Å². The van der Waals surface area contributed by atoms with Crippen molar-refractivity contribution < 1.29 is 14.4 Å². The Labute approximate surface area is 227 Å². The van der Waals surface area contributed by atoms with Crippen molar-refractivity contribution in [2.24, 2.45) is 0 Å². The van der Waals surface area contributed by atoms with Crippen LogP contribution in [0, 0.1) is 6.92 Å². The molecule has 0 aliphatic carbocycles. The lowest BCUT2D eigenvalue weighted by molar-refractivity contribution is -0.120. The van der Waals surface area contributed by atoms with Crippen LogP contribution in [0.25, 0.3) is 0 Å². The number of aromatic nitrogens is 1. The van der Waals surface area contributed by atoms with Crippen molar-refractivity contribution >= 4 is 40.8 Å². The third-order valence-corrected chi connectivity index (χ3v) is 6.51. The fraction of sp³-hybridized carbons (Fsp3) is 0.286. The molecule has 3 aromatic rings. The number of amides is 3. The van der Waals surface area contributed by atoms with Crippen LogP contribution in [-0.4, -0.2) is 60.3 Å². The van der Waals surface area contributed by atoms with Crippen molar-refractivity contribution in [2.45, 2.75) is 25.9 Å². The lowest BCUT2D eigenvalue weighted by Crippen LogP contribution is -2.46. The van der Waals surface area contributed by atoms with Gasteiger partial charge in [-0.2, -0.15) is 0 Å². The van der Waals surface area contributed by atoms with E-state index < -0.39 is 6.04 Å². The average molecular weight is 535 g/mol. The summed E-state index contributed by atoms with van der Waals surface area (Å²) in [7, 11) is 1.87. The number of carbonyl (C=O) groups excluding carboxylic acids is 3. The summed E-state index contributed by atoms with van der Waals surface area (Å²) in [4.78, 5) is 45.3. The van der Waals surface area contributed by atoms with Crippen LogP contribution in [0.2, 0.25) is 5.02 Å². The number of nitrogens with one attached hydrogen (secondary N) is 4. The minimum atomic E-state index is -0.689. The van der Waals surface area contributed by atoms with Crippen molar-refractivity contribution in [3.05, 3.63) is 88.1 Å². The van der Waals surface area contributed by atoms with Crippen LogP contribution in [0.4, 0.5) is 11.5 Å². The number of benzene rings is 2. The van der Waals surface area contributed by atoms with E-state index in [1.807, 2.05) is 20.0 Å². The third kappa shape index (κ3) is 6.74. The van der Waals surface area contributed by atoms with Gasteiger partial charge in [-0.1, -0.05) is 29.8 Å². The molecule has 9 nitrogen and oxygen atoms in total. The van der Waals surface area contributed by atoms with E-state index in [0.717, 1.165) is 24.2 Å². The van der Waals surface area contributed by atoms with Crippen LogP contribution >= 0.6 is 11.6 Å². The first-order chi connectivity index (χ1) is 18.4. The second-order valence-electron chi connectivity index (χ2n) is 9.14. The highest BCUT2D eigenvalue weighted by Crippen LogP contribution is 2.28. The number of fused-ring (bicyclic) bond motifs is 1. The van der Waals surface area contributed by atoms with E-state index >= 15 is 0 Å². The van der Waals surface area contributed by atoms with Crippen LogP contribution in [0.3, 0.4) is 0 Å². The van der Waals surface area contributed by atoms with Gasteiger partial charge in [-0.05, 0) is 74.5 Å². The van der Waals surface area contributed by atoms with Crippen LogP contribution in [0.1, 0.15) is 38.3 Å². The zero-order chi connectivity index (χ0) is 27.1. The first-order valence-electron chi connectivity index (χ1n) is 12.5. The van der Waals surface area contributed by atoms with E-state index in [4.69, 9.17) is 11.6 Å². The van der Waals surface area contributed by atoms with Crippen LogP contribution < -0.4 is 21.3 Å². The quantitative estimate of drug-likeness (QED) is 0.296. The van der Waals surface area contributed by atoms with Gasteiger partial charge in [0.15, 0.2) is 0 Å². The second-order valence-corrected chi connectivity index (χ2v) is 9.58. The Bertz CT molecular complexity index is 1300. The number of likely N-dealkylation sites (N-methyl/N-ethyl adjacent to an activating group) is 1. The average Bonchev–Trinajstić information content (AvgIpc) is 2.99. The van der Waals surface area contributed by atoms with Gasteiger partial charge >= 0.3 is 0 Å². The normalized spacial score (nSPS) is 15.0. The fourth-order valence-corrected chi connectivity index (χ4v) is 4.37. The Morgan fingerprint density at radius 1 is 1.05 bits per heavy atom. The maximum absolute atomic E-state index is 13.6. The monoisotopic (exact) mass is 534 g/mol. The molecule has 1 aliphatic rings. The minimum absolute atomic E-state index is 0.205. The van der Waals surface area contributed by atoms with Crippen molar-refractivity contribution in [1.29, 1.82) is 0 Å². The predicted octanol–water partition coefficient (Wildman–Crippen LogP) is 3.46. The van der Waals surface area contributed by atoms with Gasteiger partial charge in [0.2, 0.25) is 5.91 Å². The summed E-state index contributed by atoms with van der Waals surface area (Å²) in [5.41, 5.74) is 3.04. The number of nitrogens with zero attached hydrogens (tertiary/aromatic N) is 2. The van der Waals surface area contributed by atoms with Crippen LogP contribution in [-0.2, 0) is 11.3 Å². The smallest absolute Gasteiger partial charge is 0.256 e. The first kappa shape index (κ1) is 27.3. The summed E-state index contributed by atoms with van der Waals surface area (Å²) in [6.45, 7) is 4.23. The van der Waals surface area contributed by atoms with E-state index in [-0.39, 0.29) is 24.3 Å². The molecule has 0 radical (unpaired) electrons. The lowest BCUT2D eigenvalue weighted by Gasteiger charge is -2.29. The van der Waals surface area contributed by atoms with Crippen molar-refractivity contribution in [3.8, 4) is 0 Å². The summed E-state index contributed by atoms with van der Waals surface area (Å²) in [5.74, 6) is -0.343. The molecular formula is C28H31ClN6O3. The zero-order valence-electron chi connectivity index (χ0n) is 21.4. The van der Waals surface area contributed by atoms with Gasteiger partial charge in [-0.15, -0.1) is 0 Å².